The van der Waals surface area contributed by atoms with Crippen molar-refractivity contribution in [2.45, 2.75) is 0 Å². The third-order valence-corrected chi connectivity index (χ3v) is 4.46. The number of halogens is 2. The van der Waals surface area contributed by atoms with E-state index in [4.69, 9.17) is 11.6 Å². The number of rotatable bonds is 3. The van der Waals surface area contributed by atoms with Gasteiger partial charge in [0.05, 0.1) is 27.5 Å². The molecule has 1 heterocycles. The molecular weight excluding hydrogens is 404 g/mol. The van der Waals surface area contributed by atoms with E-state index in [2.05, 4.69) is 27.0 Å². The number of carbonyl (C=O) groups is 1. The molecule has 0 bridgehead atoms. The SMILES string of the molecule is N#Cc1c(Cl)cc(-c2ccccc2C(=O)O)nc1-c1ccc(Br)cc1. The molecule has 0 unspecified atom stereocenters. The molecule has 3 rings (SSSR count). The van der Waals surface area contributed by atoms with Crippen LogP contribution < -0.4 is 0 Å². The fourth-order valence-electron chi connectivity index (χ4n) is 2.47. The molecule has 4 nitrogen and oxygen atoms in total. The lowest BCUT2D eigenvalue weighted by molar-refractivity contribution is 0.0697. The van der Waals surface area contributed by atoms with Crippen molar-refractivity contribution in [3.05, 3.63) is 75.2 Å². The van der Waals surface area contributed by atoms with Crippen LogP contribution in [0.4, 0.5) is 0 Å². The molecule has 0 aliphatic heterocycles. The molecule has 0 atom stereocenters. The van der Waals surface area contributed by atoms with Crippen LogP contribution in [-0.2, 0) is 0 Å². The van der Waals surface area contributed by atoms with E-state index in [9.17, 15) is 15.2 Å². The number of carboxylic acids is 1. The highest BCUT2D eigenvalue weighted by Gasteiger charge is 2.17. The maximum atomic E-state index is 11.5. The quantitative estimate of drug-likeness (QED) is 0.624. The Balaban J connectivity index is 2.27. The van der Waals surface area contributed by atoms with Gasteiger partial charge in [-0.2, -0.15) is 5.26 Å². The van der Waals surface area contributed by atoms with Crippen LogP contribution in [0.3, 0.4) is 0 Å². The zero-order chi connectivity index (χ0) is 18.0. The Kier molecular flexibility index (Phi) is 4.84. The van der Waals surface area contributed by atoms with E-state index in [1.807, 2.05) is 24.3 Å². The number of nitrogens with zero attached hydrogens (tertiary/aromatic N) is 2. The van der Waals surface area contributed by atoms with Crippen molar-refractivity contribution in [3.8, 4) is 28.6 Å². The highest BCUT2D eigenvalue weighted by atomic mass is 79.9. The number of benzene rings is 2. The van der Waals surface area contributed by atoms with Gasteiger partial charge >= 0.3 is 5.97 Å². The summed E-state index contributed by atoms with van der Waals surface area (Å²) in [6.45, 7) is 0. The average Bonchev–Trinajstić information content (AvgIpc) is 2.61. The van der Waals surface area contributed by atoms with E-state index in [0.29, 0.717) is 17.0 Å². The van der Waals surface area contributed by atoms with Crippen molar-refractivity contribution in [1.29, 1.82) is 5.26 Å². The van der Waals surface area contributed by atoms with Gasteiger partial charge in [0.1, 0.15) is 6.07 Å². The molecule has 0 radical (unpaired) electrons. The molecule has 0 aliphatic carbocycles. The van der Waals surface area contributed by atoms with E-state index in [0.717, 1.165) is 10.0 Å². The highest BCUT2D eigenvalue weighted by molar-refractivity contribution is 9.10. The van der Waals surface area contributed by atoms with E-state index in [1.165, 1.54) is 12.1 Å². The molecule has 122 valence electrons. The number of pyridine rings is 1. The topological polar surface area (TPSA) is 74.0 Å². The lowest BCUT2D eigenvalue weighted by Crippen LogP contribution is -2.01. The van der Waals surface area contributed by atoms with Crippen molar-refractivity contribution < 1.29 is 9.90 Å². The molecule has 3 aromatic rings. The molecule has 0 fully saturated rings. The van der Waals surface area contributed by atoms with Crippen molar-refractivity contribution in [3.63, 3.8) is 0 Å². The van der Waals surface area contributed by atoms with E-state index >= 15 is 0 Å². The summed E-state index contributed by atoms with van der Waals surface area (Å²) in [6.07, 6.45) is 0. The zero-order valence-corrected chi connectivity index (χ0v) is 15.0. The summed E-state index contributed by atoms with van der Waals surface area (Å²) < 4.78 is 0.897. The van der Waals surface area contributed by atoms with Gasteiger partial charge in [0.25, 0.3) is 0 Å². The molecule has 6 heteroatoms. The second-order valence-electron chi connectivity index (χ2n) is 5.18. The van der Waals surface area contributed by atoms with Crippen molar-refractivity contribution >= 4 is 33.5 Å². The Morgan fingerprint density at radius 1 is 1.16 bits per heavy atom. The smallest absolute Gasteiger partial charge is 0.336 e. The van der Waals surface area contributed by atoms with Gasteiger partial charge in [-0.1, -0.05) is 57.9 Å². The lowest BCUT2D eigenvalue weighted by atomic mass is 10.0. The van der Waals surface area contributed by atoms with E-state index in [1.54, 1.807) is 18.2 Å². The minimum absolute atomic E-state index is 0.123. The minimum Gasteiger partial charge on any atom is -0.478 e. The molecule has 0 spiro atoms. The zero-order valence-electron chi connectivity index (χ0n) is 12.7. The Labute approximate surface area is 157 Å². The normalized spacial score (nSPS) is 10.3. The third kappa shape index (κ3) is 3.41. The fraction of sp³-hybridized carbons (Fsp3) is 0. The minimum atomic E-state index is -1.05. The van der Waals surface area contributed by atoms with Gasteiger partial charge in [0.15, 0.2) is 0 Å². The predicted octanol–water partition coefficient (Wildman–Crippen LogP) is 5.40. The molecule has 0 aliphatic rings. The lowest BCUT2D eigenvalue weighted by Gasteiger charge is -2.11. The molecule has 1 N–H and O–H groups in total. The Morgan fingerprint density at radius 2 is 1.84 bits per heavy atom. The maximum Gasteiger partial charge on any atom is 0.336 e. The van der Waals surface area contributed by atoms with Gasteiger partial charge in [0, 0.05) is 15.6 Å². The molecule has 0 saturated carbocycles. The molecule has 2 aromatic carbocycles. The number of hydrogen-bond acceptors (Lipinski definition) is 3. The van der Waals surface area contributed by atoms with Gasteiger partial charge in [-0.25, -0.2) is 9.78 Å². The number of hydrogen-bond donors (Lipinski definition) is 1. The summed E-state index contributed by atoms with van der Waals surface area (Å²) in [4.78, 5) is 16.0. The van der Waals surface area contributed by atoms with Crippen molar-refractivity contribution in [2.75, 3.05) is 0 Å². The second kappa shape index (κ2) is 7.06. The van der Waals surface area contributed by atoms with E-state index < -0.39 is 5.97 Å². The maximum absolute atomic E-state index is 11.5. The van der Waals surface area contributed by atoms with Gasteiger partial charge in [0.2, 0.25) is 0 Å². The van der Waals surface area contributed by atoms with Crippen LogP contribution in [-0.4, -0.2) is 16.1 Å². The summed E-state index contributed by atoms with van der Waals surface area (Å²) in [5, 5.41) is 19.1. The van der Waals surface area contributed by atoms with Crippen LogP contribution in [0.1, 0.15) is 15.9 Å². The summed E-state index contributed by atoms with van der Waals surface area (Å²) in [6, 6.07) is 17.4. The molecular formula is C19H10BrClN2O2. The average molecular weight is 414 g/mol. The van der Waals surface area contributed by atoms with Crippen molar-refractivity contribution in [1.82, 2.24) is 4.98 Å². The first-order valence-corrected chi connectivity index (χ1v) is 8.37. The van der Waals surface area contributed by atoms with Crippen molar-refractivity contribution in [2.24, 2.45) is 0 Å². The van der Waals surface area contributed by atoms with Crippen LogP contribution in [0.15, 0.2) is 59.1 Å². The molecule has 25 heavy (non-hydrogen) atoms. The number of nitriles is 1. The Morgan fingerprint density at radius 3 is 2.48 bits per heavy atom. The standard InChI is InChI=1S/C19H10BrClN2O2/c20-12-7-5-11(6-8-12)18-15(10-22)16(21)9-17(23-18)13-3-1-2-4-14(13)19(24)25/h1-9H,(H,24,25). The van der Waals surface area contributed by atoms with Gasteiger partial charge in [-0.3, -0.25) is 0 Å². The Hall–Kier alpha value is -2.68. The Bertz CT molecular complexity index is 1010. The van der Waals surface area contributed by atoms with Crippen LogP contribution in [0.5, 0.6) is 0 Å². The van der Waals surface area contributed by atoms with Crippen LogP contribution >= 0.6 is 27.5 Å². The first kappa shape index (κ1) is 17.2. The van der Waals surface area contributed by atoms with Crippen LogP contribution in [0.2, 0.25) is 5.02 Å². The molecule has 0 saturated heterocycles. The first-order valence-electron chi connectivity index (χ1n) is 7.20. The van der Waals surface area contributed by atoms with Crippen LogP contribution in [0, 0.1) is 11.3 Å². The summed E-state index contributed by atoms with van der Waals surface area (Å²) >= 11 is 9.65. The number of aromatic carboxylic acids is 1. The summed E-state index contributed by atoms with van der Waals surface area (Å²) in [7, 11) is 0. The van der Waals surface area contributed by atoms with Gasteiger partial charge in [-0.15, -0.1) is 0 Å². The number of carboxylic acid groups (broad SMARTS) is 1. The number of aromatic nitrogens is 1. The largest absolute Gasteiger partial charge is 0.478 e. The van der Waals surface area contributed by atoms with E-state index in [-0.39, 0.29) is 16.1 Å². The third-order valence-electron chi connectivity index (χ3n) is 3.63. The predicted molar refractivity (Wildman–Crippen MR) is 99.5 cm³/mol. The molecule has 0 amide bonds. The van der Waals surface area contributed by atoms with Crippen LogP contribution in [0.25, 0.3) is 22.5 Å². The summed E-state index contributed by atoms with van der Waals surface area (Å²) in [5.74, 6) is -1.05. The highest BCUT2D eigenvalue weighted by Crippen LogP contribution is 2.33. The second-order valence-corrected chi connectivity index (χ2v) is 6.51. The fourth-order valence-corrected chi connectivity index (χ4v) is 2.97. The summed E-state index contributed by atoms with van der Waals surface area (Å²) in [5.41, 5.74) is 2.35. The first-order chi connectivity index (χ1) is 12.0. The van der Waals surface area contributed by atoms with Gasteiger partial charge in [-0.05, 0) is 24.3 Å². The monoisotopic (exact) mass is 412 g/mol. The van der Waals surface area contributed by atoms with Gasteiger partial charge < -0.3 is 5.11 Å². The molecule has 1 aromatic heterocycles.